The number of ketones is 1. The normalized spacial score (nSPS) is 20.2. The van der Waals surface area contributed by atoms with Crippen LogP contribution in [0, 0.1) is 17.2 Å². The Morgan fingerprint density at radius 2 is 2.00 bits per heavy atom. The van der Waals surface area contributed by atoms with Gasteiger partial charge in [-0.3, -0.25) is 9.59 Å². The van der Waals surface area contributed by atoms with Gasteiger partial charge in [0.15, 0.2) is 0 Å². The highest BCUT2D eigenvalue weighted by molar-refractivity contribution is 6.37. The molecule has 0 bridgehead atoms. The third-order valence-electron chi connectivity index (χ3n) is 2.87. The van der Waals surface area contributed by atoms with Gasteiger partial charge in [0.25, 0.3) is 5.91 Å². The maximum atomic E-state index is 11.7. The second kappa shape index (κ2) is 4.79. The standard InChI is InChI=1S/C13H12N2O2/c14-8-11-6-7-15(13(17)12(11)16)9-10-4-2-1-3-5-10/h1-5,11H,6-7,9H2. The van der Waals surface area contributed by atoms with E-state index < -0.39 is 17.6 Å². The summed E-state index contributed by atoms with van der Waals surface area (Å²) in [7, 11) is 0. The van der Waals surface area contributed by atoms with Crippen LogP contribution in [0.15, 0.2) is 30.3 Å². The van der Waals surface area contributed by atoms with Crippen molar-refractivity contribution in [3.63, 3.8) is 0 Å². The van der Waals surface area contributed by atoms with Gasteiger partial charge in [-0.1, -0.05) is 30.3 Å². The molecule has 1 fully saturated rings. The summed E-state index contributed by atoms with van der Waals surface area (Å²) in [4.78, 5) is 24.8. The van der Waals surface area contributed by atoms with Gasteiger partial charge >= 0.3 is 0 Å². The molecule has 4 nitrogen and oxygen atoms in total. The van der Waals surface area contributed by atoms with E-state index in [1.807, 2.05) is 36.4 Å². The molecule has 1 aliphatic rings. The largest absolute Gasteiger partial charge is 0.332 e. The minimum absolute atomic E-state index is 0.434. The highest BCUT2D eigenvalue weighted by Crippen LogP contribution is 2.16. The Morgan fingerprint density at radius 1 is 1.29 bits per heavy atom. The highest BCUT2D eigenvalue weighted by Gasteiger charge is 2.34. The van der Waals surface area contributed by atoms with Crippen LogP contribution in [-0.2, 0) is 16.1 Å². The molecule has 2 rings (SSSR count). The topological polar surface area (TPSA) is 61.2 Å². The molecule has 0 aliphatic carbocycles. The molecule has 86 valence electrons. The van der Waals surface area contributed by atoms with Crippen LogP contribution in [0.2, 0.25) is 0 Å². The predicted molar refractivity (Wildman–Crippen MR) is 60.6 cm³/mol. The van der Waals surface area contributed by atoms with Crippen LogP contribution in [-0.4, -0.2) is 23.1 Å². The van der Waals surface area contributed by atoms with Crippen molar-refractivity contribution in [2.45, 2.75) is 13.0 Å². The number of amides is 1. The first-order chi connectivity index (χ1) is 8.22. The summed E-state index contributed by atoms with van der Waals surface area (Å²) in [5, 5.41) is 8.71. The second-order valence-electron chi connectivity index (χ2n) is 4.05. The van der Waals surface area contributed by atoms with Crippen molar-refractivity contribution in [2.75, 3.05) is 6.54 Å². The van der Waals surface area contributed by atoms with Gasteiger partial charge in [-0.15, -0.1) is 0 Å². The van der Waals surface area contributed by atoms with Crippen LogP contribution in [0.1, 0.15) is 12.0 Å². The summed E-state index contributed by atoms with van der Waals surface area (Å²) in [5.74, 6) is -1.86. The maximum Gasteiger partial charge on any atom is 0.291 e. The lowest BCUT2D eigenvalue weighted by molar-refractivity contribution is -0.149. The highest BCUT2D eigenvalue weighted by atomic mass is 16.2. The quantitative estimate of drug-likeness (QED) is 0.713. The number of nitriles is 1. The summed E-state index contributed by atoms with van der Waals surface area (Å²) in [6.07, 6.45) is 0.438. The van der Waals surface area contributed by atoms with Crippen molar-refractivity contribution < 1.29 is 9.59 Å². The molecular weight excluding hydrogens is 216 g/mol. The van der Waals surface area contributed by atoms with Crippen LogP contribution in [0.5, 0.6) is 0 Å². The second-order valence-corrected chi connectivity index (χ2v) is 4.05. The number of carbonyl (C=O) groups is 2. The fraction of sp³-hybridized carbons (Fsp3) is 0.308. The molecule has 17 heavy (non-hydrogen) atoms. The van der Waals surface area contributed by atoms with Gasteiger partial charge in [0, 0.05) is 13.1 Å². The molecule has 0 N–H and O–H groups in total. The number of nitrogens with zero attached hydrogens (tertiary/aromatic N) is 2. The molecule has 4 heteroatoms. The first kappa shape index (κ1) is 11.3. The number of Topliss-reactive ketones (excluding diaryl/α,β-unsaturated/α-hetero) is 1. The molecule has 1 saturated heterocycles. The molecule has 1 amide bonds. The van der Waals surface area contributed by atoms with E-state index in [1.54, 1.807) is 0 Å². The monoisotopic (exact) mass is 228 g/mol. The molecule has 0 aromatic heterocycles. The lowest BCUT2D eigenvalue weighted by atomic mass is 9.96. The first-order valence-corrected chi connectivity index (χ1v) is 5.49. The number of likely N-dealkylation sites (tertiary alicyclic amines) is 1. The SMILES string of the molecule is N#CC1CCN(Cc2ccccc2)C(=O)C1=O. The van der Waals surface area contributed by atoms with Crippen LogP contribution in [0.4, 0.5) is 0 Å². The number of benzene rings is 1. The van der Waals surface area contributed by atoms with Gasteiger partial charge in [-0.2, -0.15) is 5.26 Å². The van der Waals surface area contributed by atoms with Crippen molar-refractivity contribution in [3.05, 3.63) is 35.9 Å². The fourth-order valence-corrected chi connectivity index (χ4v) is 1.90. The molecule has 1 aromatic carbocycles. The zero-order valence-corrected chi connectivity index (χ0v) is 9.30. The lowest BCUT2D eigenvalue weighted by Crippen LogP contribution is -2.45. The molecule has 0 spiro atoms. The Morgan fingerprint density at radius 3 is 2.65 bits per heavy atom. The Balaban J connectivity index is 2.07. The first-order valence-electron chi connectivity index (χ1n) is 5.49. The minimum atomic E-state index is -0.755. The Bertz CT molecular complexity index is 476. The van der Waals surface area contributed by atoms with Gasteiger partial charge in [0.1, 0.15) is 5.92 Å². The number of hydrogen-bond donors (Lipinski definition) is 0. The summed E-state index contributed by atoms with van der Waals surface area (Å²) in [6.45, 7) is 0.904. The molecule has 1 aliphatic heterocycles. The Hall–Kier alpha value is -2.15. The predicted octanol–water partition coefficient (Wildman–Crippen LogP) is 1.13. The minimum Gasteiger partial charge on any atom is -0.332 e. The van der Waals surface area contributed by atoms with E-state index in [4.69, 9.17) is 5.26 Å². The maximum absolute atomic E-state index is 11.7. The smallest absolute Gasteiger partial charge is 0.291 e. The summed E-state index contributed by atoms with van der Waals surface area (Å²) < 4.78 is 0. The van der Waals surface area contributed by atoms with Crippen molar-refractivity contribution in [2.24, 2.45) is 5.92 Å². The van der Waals surface area contributed by atoms with E-state index in [0.29, 0.717) is 19.5 Å². The number of piperidine rings is 1. The number of hydrogen-bond acceptors (Lipinski definition) is 3. The average molecular weight is 228 g/mol. The molecule has 0 saturated carbocycles. The van der Waals surface area contributed by atoms with Crippen LogP contribution in [0.3, 0.4) is 0 Å². The van der Waals surface area contributed by atoms with E-state index in [1.165, 1.54) is 4.90 Å². The van der Waals surface area contributed by atoms with Gasteiger partial charge in [0.05, 0.1) is 6.07 Å². The van der Waals surface area contributed by atoms with Crippen molar-refractivity contribution in [1.82, 2.24) is 4.90 Å². The van der Waals surface area contributed by atoms with E-state index >= 15 is 0 Å². The molecule has 1 unspecified atom stereocenters. The van der Waals surface area contributed by atoms with Crippen molar-refractivity contribution >= 4 is 11.7 Å². The number of carbonyl (C=O) groups excluding carboxylic acids is 2. The molecule has 0 radical (unpaired) electrons. The number of rotatable bonds is 2. The van der Waals surface area contributed by atoms with Gasteiger partial charge < -0.3 is 4.90 Å². The van der Waals surface area contributed by atoms with E-state index in [2.05, 4.69) is 0 Å². The zero-order chi connectivity index (χ0) is 12.3. The fourth-order valence-electron chi connectivity index (χ4n) is 1.90. The third-order valence-corrected chi connectivity index (χ3v) is 2.87. The Kier molecular flexibility index (Phi) is 3.20. The summed E-state index contributed by atoms with van der Waals surface area (Å²) in [5.41, 5.74) is 0.990. The lowest BCUT2D eigenvalue weighted by Gasteiger charge is -2.27. The van der Waals surface area contributed by atoms with Crippen LogP contribution >= 0.6 is 0 Å². The molecular formula is C13H12N2O2. The van der Waals surface area contributed by atoms with E-state index in [9.17, 15) is 9.59 Å². The van der Waals surface area contributed by atoms with Gasteiger partial charge in [-0.05, 0) is 12.0 Å². The summed E-state index contributed by atoms with van der Waals surface area (Å²) >= 11 is 0. The van der Waals surface area contributed by atoms with Gasteiger partial charge in [-0.25, -0.2) is 0 Å². The molecule has 1 heterocycles. The summed E-state index contributed by atoms with van der Waals surface area (Å²) in [6, 6.07) is 11.4. The zero-order valence-electron chi connectivity index (χ0n) is 9.30. The molecule has 1 atom stereocenters. The van der Waals surface area contributed by atoms with Crippen molar-refractivity contribution in [3.8, 4) is 6.07 Å². The van der Waals surface area contributed by atoms with E-state index in [-0.39, 0.29) is 0 Å². The molecule has 1 aromatic rings. The van der Waals surface area contributed by atoms with E-state index in [0.717, 1.165) is 5.56 Å². The van der Waals surface area contributed by atoms with Crippen LogP contribution in [0.25, 0.3) is 0 Å². The Labute approximate surface area is 99.5 Å². The van der Waals surface area contributed by atoms with Crippen molar-refractivity contribution in [1.29, 1.82) is 5.26 Å². The van der Waals surface area contributed by atoms with Crippen LogP contribution < -0.4 is 0 Å². The van der Waals surface area contributed by atoms with Gasteiger partial charge in [0.2, 0.25) is 5.78 Å². The average Bonchev–Trinajstić information content (AvgIpc) is 2.37. The third kappa shape index (κ3) is 2.34.